The van der Waals surface area contributed by atoms with E-state index in [0.29, 0.717) is 21.0 Å². The fourth-order valence-corrected chi connectivity index (χ4v) is 2.17. The Morgan fingerprint density at radius 2 is 2.00 bits per heavy atom. The quantitative estimate of drug-likeness (QED) is 0.564. The summed E-state index contributed by atoms with van der Waals surface area (Å²) in [6.45, 7) is 0. The second-order valence-electron chi connectivity index (χ2n) is 3.75. The molecule has 2 aromatic rings. The first-order chi connectivity index (χ1) is 9.51. The minimum atomic E-state index is -0.463. The highest BCUT2D eigenvalue weighted by Gasteiger charge is 2.14. The summed E-state index contributed by atoms with van der Waals surface area (Å²) in [5, 5.41) is 3.40. The molecule has 0 radical (unpaired) electrons. The third kappa shape index (κ3) is 3.40. The van der Waals surface area contributed by atoms with Gasteiger partial charge >= 0.3 is 0 Å². The summed E-state index contributed by atoms with van der Waals surface area (Å²) in [7, 11) is 0. The van der Waals surface area contributed by atoms with Gasteiger partial charge in [0.05, 0.1) is 10.7 Å². The van der Waals surface area contributed by atoms with Crippen molar-refractivity contribution in [2.24, 2.45) is 5.84 Å². The van der Waals surface area contributed by atoms with E-state index in [9.17, 15) is 4.79 Å². The molecule has 20 heavy (non-hydrogen) atoms. The zero-order valence-corrected chi connectivity index (χ0v) is 13.1. The number of pyridine rings is 1. The Kier molecular flexibility index (Phi) is 4.82. The fraction of sp³-hybridized carbons (Fsp3) is 0. The number of hydrogen-bond donors (Lipinski definition) is 3. The number of nitrogens with two attached hydrogens (primary N) is 1. The smallest absolute Gasteiger partial charge is 0.275 e. The van der Waals surface area contributed by atoms with Gasteiger partial charge in [-0.2, -0.15) is 0 Å². The van der Waals surface area contributed by atoms with Crippen LogP contribution < -0.4 is 16.6 Å². The van der Waals surface area contributed by atoms with E-state index >= 15 is 0 Å². The number of nitrogens with zero attached hydrogens (tertiary/aromatic N) is 1. The van der Waals surface area contributed by atoms with Crippen molar-refractivity contribution >= 4 is 56.5 Å². The molecule has 1 aromatic carbocycles. The number of halogens is 3. The molecule has 104 valence electrons. The number of benzene rings is 1. The molecule has 0 saturated carbocycles. The number of nitrogens with one attached hydrogen (secondary N) is 2. The topological polar surface area (TPSA) is 80.0 Å². The lowest BCUT2D eigenvalue weighted by Crippen LogP contribution is -2.17. The van der Waals surface area contributed by atoms with Gasteiger partial charge in [-0.15, -0.1) is 0 Å². The third-order valence-electron chi connectivity index (χ3n) is 2.39. The van der Waals surface area contributed by atoms with Gasteiger partial charge in [-0.05, 0) is 46.3 Å². The molecule has 0 aliphatic rings. The van der Waals surface area contributed by atoms with Gasteiger partial charge in [0.1, 0.15) is 11.5 Å². The summed E-state index contributed by atoms with van der Waals surface area (Å²) in [4.78, 5) is 16.2. The summed E-state index contributed by atoms with van der Waals surface area (Å²) in [6.07, 6.45) is 0. The molecule has 0 atom stereocenters. The molecule has 1 heterocycles. The van der Waals surface area contributed by atoms with Crippen LogP contribution in [0.4, 0.5) is 11.5 Å². The van der Waals surface area contributed by atoms with Crippen molar-refractivity contribution in [3.05, 3.63) is 50.5 Å². The molecule has 0 aliphatic carbocycles. The van der Waals surface area contributed by atoms with Crippen LogP contribution >= 0.6 is 39.1 Å². The first kappa shape index (κ1) is 15.1. The van der Waals surface area contributed by atoms with Crippen LogP contribution in [0.5, 0.6) is 0 Å². The maximum atomic E-state index is 12.2. The molecule has 0 fully saturated rings. The molecule has 1 amide bonds. The number of aromatic nitrogens is 1. The summed E-state index contributed by atoms with van der Waals surface area (Å²) in [5.41, 5.74) is 2.94. The Labute approximate surface area is 133 Å². The van der Waals surface area contributed by atoms with E-state index in [0.717, 1.165) is 0 Å². The highest BCUT2D eigenvalue weighted by molar-refractivity contribution is 9.10. The highest BCUT2D eigenvalue weighted by Crippen LogP contribution is 2.27. The molecule has 0 spiro atoms. The van der Waals surface area contributed by atoms with Crippen molar-refractivity contribution in [3.63, 3.8) is 0 Å². The van der Waals surface area contributed by atoms with E-state index in [1.54, 1.807) is 24.3 Å². The summed E-state index contributed by atoms with van der Waals surface area (Å²) >= 11 is 15.2. The molecule has 0 unspecified atom stereocenters. The number of rotatable bonds is 3. The number of anilines is 2. The number of carbonyl (C=O) groups is 1. The van der Waals surface area contributed by atoms with Crippen LogP contribution in [0.3, 0.4) is 0 Å². The predicted octanol–water partition coefficient (Wildman–Crippen LogP) is 3.69. The normalized spacial score (nSPS) is 10.2. The molecule has 5 nitrogen and oxygen atoms in total. The first-order valence-electron chi connectivity index (χ1n) is 5.41. The minimum absolute atomic E-state index is 0.0639. The Morgan fingerprint density at radius 3 is 2.70 bits per heavy atom. The average molecular weight is 376 g/mol. The Hall–Kier alpha value is -1.34. The maximum Gasteiger partial charge on any atom is 0.275 e. The Balaban J connectivity index is 2.30. The largest absolute Gasteiger partial charge is 0.320 e. The van der Waals surface area contributed by atoms with Crippen LogP contribution in [0.2, 0.25) is 10.0 Å². The van der Waals surface area contributed by atoms with E-state index in [1.807, 2.05) is 0 Å². The summed E-state index contributed by atoms with van der Waals surface area (Å²) in [6, 6.07) is 8.14. The number of carbonyl (C=O) groups excluding carboxylic acids is 1. The van der Waals surface area contributed by atoms with Crippen LogP contribution in [0.1, 0.15) is 10.5 Å². The van der Waals surface area contributed by atoms with Gasteiger partial charge in [0, 0.05) is 9.50 Å². The van der Waals surface area contributed by atoms with Gasteiger partial charge in [0.25, 0.3) is 5.91 Å². The molecule has 8 heteroatoms. The number of nitrogen functional groups attached to an aromatic ring is 1. The van der Waals surface area contributed by atoms with Gasteiger partial charge in [0.2, 0.25) is 0 Å². The lowest BCUT2D eigenvalue weighted by atomic mass is 10.3. The summed E-state index contributed by atoms with van der Waals surface area (Å²) in [5.74, 6) is 5.13. The number of hydrazine groups is 1. The van der Waals surface area contributed by atoms with E-state index in [2.05, 4.69) is 31.7 Å². The highest BCUT2D eigenvalue weighted by atomic mass is 79.9. The van der Waals surface area contributed by atoms with Gasteiger partial charge in [-0.1, -0.05) is 23.2 Å². The van der Waals surface area contributed by atoms with Crippen LogP contribution in [0, 0.1) is 0 Å². The average Bonchev–Trinajstić information content (AvgIpc) is 2.43. The van der Waals surface area contributed by atoms with Crippen molar-refractivity contribution in [1.29, 1.82) is 0 Å². The Morgan fingerprint density at radius 1 is 1.25 bits per heavy atom. The lowest BCUT2D eigenvalue weighted by molar-refractivity contribution is 0.102. The molecule has 0 bridgehead atoms. The molecule has 1 aromatic heterocycles. The van der Waals surface area contributed by atoms with Crippen molar-refractivity contribution < 1.29 is 4.79 Å². The van der Waals surface area contributed by atoms with Crippen molar-refractivity contribution in [2.45, 2.75) is 0 Å². The SMILES string of the molecule is NNc1ccc(Cl)c(C(=O)Nc2cc(Cl)ccc2Br)n1. The minimum Gasteiger partial charge on any atom is -0.320 e. The van der Waals surface area contributed by atoms with Crippen LogP contribution in [0.25, 0.3) is 0 Å². The molecule has 0 aliphatic heterocycles. The molecule has 0 saturated heterocycles. The van der Waals surface area contributed by atoms with Crippen LogP contribution in [-0.2, 0) is 0 Å². The third-order valence-corrected chi connectivity index (χ3v) is 3.62. The van der Waals surface area contributed by atoms with Crippen molar-refractivity contribution in [2.75, 3.05) is 10.7 Å². The summed E-state index contributed by atoms with van der Waals surface area (Å²) < 4.78 is 0.694. The lowest BCUT2D eigenvalue weighted by Gasteiger charge is -2.09. The standard InChI is InChI=1S/C12H9BrCl2N4O/c13-7-2-1-6(14)5-9(7)17-12(20)11-8(15)3-4-10(18-11)19-16/h1-5H,16H2,(H,17,20)(H,18,19). The number of amides is 1. The van der Waals surface area contributed by atoms with E-state index in [-0.39, 0.29) is 10.7 Å². The number of hydrogen-bond acceptors (Lipinski definition) is 4. The van der Waals surface area contributed by atoms with Gasteiger partial charge < -0.3 is 10.7 Å². The van der Waals surface area contributed by atoms with Gasteiger partial charge in [-0.25, -0.2) is 10.8 Å². The Bertz CT molecular complexity index is 666. The van der Waals surface area contributed by atoms with Gasteiger partial charge in [-0.3, -0.25) is 4.79 Å². The van der Waals surface area contributed by atoms with E-state index < -0.39 is 5.91 Å². The molecule has 2 rings (SSSR count). The van der Waals surface area contributed by atoms with E-state index in [4.69, 9.17) is 29.0 Å². The second kappa shape index (κ2) is 6.41. The zero-order chi connectivity index (χ0) is 14.7. The second-order valence-corrected chi connectivity index (χ2v) is 5.45. The molecule has 4 N–H and O–H groups in total. The van der Waals surface area contributed by atoms with Gasteiger partial charge in [0.15, 0.2) is 0 Å². The van der Waals surface area contributed by atoms with E-state index in [1.165, 1.54) is 6.07 Å². The predicted molar refractivity (Wildman–Crippen MR) is 84.2 cm³/mol. The van der Waals surface area contributed by atoms with Crippen molar-refractivity contribution in [1.82, 2.24) is 4.98 Å². The van der Waals surface area contributed by atoms with Crippen molar-refractivity contribution in [3.8, 4) is 0 Å². The molecular weight excluding hydrogens is 367 g/mol. The molecular formula is C12H9BrCl2N4O. The van der Waals surface area contributed by atoms with Crippen LogP contribution in [-0.4, -0.2) is 10.9 Å². The van der Waals surface area contributed by atoms with Crippen LogP contribution in [0.15, 0.2) is 34.8 Å². The zero-order valence-electron chi connectivity index (χ0n) is 9.95. The maximum absolute atomic E-state index is 12.2. The first-order valence-corrected chi connectivity index (χ1v) is 6.95. The fourth-order valence-electron chi connectivity index (χ4n) is 1.46. The monoisotopic (exact) mass is 374 g/mol.